The third kappa shape index (κ3) is 5.08. The van der Waals surface area contributed by atoms with Crippen molar-refractivity contribution in [2.75, 3.05) is 13.2 Å². The van der Waals surface area contributed by atoms with Crippen molar-refractivity contribution in [2.45, 2.75) is 72.6 Å². The zero-order chi connectivity index (χ0) is 26.6. The molecule has 6 nitrogen and oxygen atoms in total. The third-order valence-electron chi connectivity index (χ3n) is 7.18. The third-order valence-corrected chi connectivity index (χ3v) is 8.22. The Hall–Kier alpha value is -1.93. The highest BCUT2D eigenvalue weighted by atomic mass is 79.9. The van der Waals surface area contributed by atoms with Crippen LogP contribution in [0, 0.1) is 10.8 Å². The number of ketones is 2. The summed E-state index contributed by atoms with van der Waals surface area (Å²) in [5.41, 5.74) is 9.13. The molecule has 0 bridgehead atoms. The number of ether oxygens (including phenoxy) is 1. The molecule has 4 rings (SSSR count). The summed E-state index contributed by atoms with van der Waals surface area (Å²) in [6.45, 7) is 11.1. The minimum Gasteiger partial charge on any atom is -0.482 e. The van der Waals surface area contributed by atoms with E-state index in [1.807, 2.05) is 12.1 Å². The highest BCUT2D eigenvalue weighted by molar-refractivity contribution is 9.11. The molecule has 2 N–H and O–H groups in total. The van der Waals surface area contributed by atoms with Gasteiger partial charge in [-0.3, -0.25) is 14.4 Å². The van der Waals surface area contributed by atoms with Gasteiger partial charge in [0.05, 0.1) is 4.47 Å². The average Bonchev–Trinajstić information content (AvgIpc) is 2.71. The maximum atomic E-state index is 13.9. The van der Waals surface area contributed by atoms with Gasteiger partial charge in [-0.1, -0.05) is 50.5 Å². The first-order chi connectivity index (χ1) is 16.7. The molecule has 1 aromatic carbocycles. The second kappa shape index (κ2) is 9.75. The fraction of sp³-hybridized carbons (Fsp3) is 0.536. The van der Waals surface area contributed by atoms with Gasteiger partial charge in [0, 0.05) is 57.9 Å². The number of halogens is 2. The molecule has 0 unspecified atom stereocenters. The number of nitrogens with zero attached hydrogens (tertiary/aromatic N) is 1. The normalized spacial score (nSPS) is 21.5. The van der Waals surface area contributed by atoms with E-state index in [0.29, 0.717) is 39.8 Å². The summed E-state index contributed by atoms with van der Waals surface area (Å²) in [6.07, 6.45) is 3.23. The summed E-state index contributed by atoms with van der Waals surface area (Å²) in [7, 11) is 0. The zero-order valence-corrected chi connectivity index (χ0v) is 24.8. The van der Waals surface area contributed by atoms with Gasteiger partial charge < -0.3 is 15.4 Å². The quantitative estimate of drug-likeness (QED) is 0.410. The molecule has 0 atom stereocenters. The molecule has 0 saturated carbocycles. The van der Waals surface area contributed by atoms with Crippen LogP contribution >= 0.6 is 31.9 Å². The largest absolute Gasteiger partial charge is 0.482 e. The number of carbonyl (C=O) groups is 3. The van der Waals surface area contributed by atoms with Gasteiger partial charge in [-0.15, -0.1) is 0 Å². The van der Waals surface area contributed by atoms with Gasteiger partial charge >= 0.3 is 0 Å². The molecule has 1 amide bonds. The molecule has 0 fully saturated rings. The highest BCUT2D eigenvalue weighted by Gasteiger charge is 2.49. The predicted octanol–water partition coefficient (Wildman–Crippen LogP) is 6.17. The van der Waals surface area contributed by atoms with Crippen LogP contribution in [0.4, 0.5) is 0 Å². The Morgan fingerprint density at radius 2 is 1.53 bits per heavy atom. The maximum Gasteiger partial charge on any atom is 0.255 e. The molecule has 2 aliphatic carbocycles. The molecule has 0 aromatic heterocycles. The van der Waals surface area contributed by atoms with Crippen molar-refractivity contribution in [3.05, 3.63) is 49.2 Å². The second-order valence-electron chi connectivity index (χ2n) is 11.7. The van der Waals surface area contributed by atoms with Crippen molar-refractivity contribution in [1.82, 2.24) is 4.90 Å². The standard InChI is InChI=1S/C28H34Br2N2O4/c1-6-7-32-18-10-27(2,3)12-20(33)24(18)23(25-19(32)11-28(4,5)13-21(25)34)16-8-15(29)9-17(30)26(16)36-14-22(31)35/h8-9,23H,6-7,10-14H2,1-5H3,(H2,31,35). The Morgan fingerprint density at radius 1 is 1.00 bits per heavy atom. The van der Waals surface area contributed by atoms with Crippen LogP contribution in [0.15, 0.2) is 43.6 Å². The molecule has 1 aromatic rings. The molecular weight excluding hydrogens is 588 g/mol. The van der Waals surface area contributed by atoms with Crippen LogP contribution in [0.3, 0.4) is 0 Å². The van der Waals surface area contributed by atoms with E-state index in [1.54, 1.807) is 0 Å². The fourth-order valence-corrected chi connectivity index (χ4v) is 7.32. The van der Waals surface area contributed by atoms with Crippen molar-refractivity contribution in [3.63, 3.8) is 0 Å². The van der Waals surface area contributed by atoms with Crippen molar-refractivity contribution >= 4 is 49.3 Å². The van der Waals surface area contributed by atoms with Gasteiger partial charge in [-0.25, -0.2) is 0 Å². The highest BCUT2D eigenvalue weighted by Crippen LogP contribution is 2.56. The van der Waals surface area contributed by atoms with Crippen molar-refractivity contribution in [3.8, 4) is 5.75 Å². The molecule has 0 radical (unpaired) electrons. The number of rotatable bonds is 6. The van der Waals surface area contributed by atoms with Crippen LogP contribution < -0.4 is 10.5 Å². The van der Waals surface area contributed by atoms with E-state index in [1.165, 1.54) is 0 Å². The van der Waals surface area contributed by atoms with E-state index in [-0.39, 0.29) is 29.0 Å². The maximum absolute atomic E-state index is 13.9. The molecule has 0 spiro atoms. The van der Waals surface area contributed by atoms with Crippen molar-refractivity contribution < 1.29 is 19.1 Å². The van der Waals surface area contributed by atoms with Crippen LogP contribution in [-0.4, -0.2) is 35.5 Å². The first kappa shape index (κ1) is 27.1. The Morgan fingerprint density at radius 3 is 2.00 bits per heavy atom. The molecule has 1 heterocycles. The Bertz CT molecular complexity index is 1160. The number of hydrogen-bond donors (Lipinski definition) is 1. The summed E-state index contributed by atoms with van der Waals surface area (Å²) < 4.78 is 7.31. The minimum atomic E-state index is -0.598. The SMILES string of the molecule is CCCN1C2=C(C(=O)CC(C)(C)C2)C(c2cc(Br)cc(Br)c2OCC(N)=O)C2=C1CC(C)(C)CC2=O. The Kier molecular flexibility index (Phi) is 7.34. The number of benzene rings is 1. The smallest absolute Gasteiger partial charge is 0.255 e. The van der Waals surface area contributed by atoms with E-state index in [9.17, 15) is 14.4 Å². The van der Waals surface area contributed by atoms with Crippen molar-refractivity contribution in [1.29, 1.82) is 0 Å². The summed E-state index contributed by atoms with van der Waals surface area (Å²) >= 11 is 7.16. The van der Waals surface area contributed by atoms with E-state index in [2.05, 4.69) is 71.4 Å². The van der Waals surface area contributed by atoms with Gasteiger partial charge in [0.1, 0.15) is 5.75 Å². The van der Waals surface area contributed by atoms with E-state index >= 15 is 0 Å². The summed E-state index contributed by atoms with van der Waals surface area (Å²) in [6, 6.07) is 3.73. The van der Waals surface area contributed by atoms with Gasteiger partial charge in [-0.2, -0.15) is 0 Å². The Balaban J connectivity index is 2.04. The molecule has 1 aliphatic heterocycles. The topological polar surface area (TPSA) is 89.7 Å². The second-order valence-corrected chi connectivity index (χ2v) is 13.5. The molecule has 36 heavy (non-hydrogen) atoms. The lowest BCUT2D eigenvalue weighted by atomic mass is 9.63. The molecule has 0 saturated heterocycles. The molecular formula is C28H34Br2N2O4. The predicted molar refractivity (Wildman–Crippen MR) is 146 cm³/mol. The van der Waals surface area contributed by atoms with E-state index in [0.717, 1.165) is 41.7 Å². The van der Waals surface area contributed by atoms with E-state index in [4.69, 9.17) is 10.5 Å². The molecule has 3 aliphatic rings. The van der Waals surface area contributed by atoms with Crippen LogP contribution in [0.1, 0.15) is 78.2 Å². The van der Waals surface area contributed by atoms with Crippen molar-refractivity contribution in [2.24, 2.45) is 16.6 Å². The fourth-order valence-electron chi connectivity index (χ4n) is 5.94. The summed E-state index contributed by atoms with van der Waals surface area (Å²) in [4.78, 5) is 41.6. The summed E-state index contributed by atoms with van der Waals surface area (Å²) in [5.74, 6) is -0.604. The first-order valence-corrected chi connectivity index (χ1v) is 14.0. The number of allylic oxidation sites excluding steroid dienone is 4. The number of amides is 1. The number of nitrogens with two attached hydrogens (primary N) is 1. The van der Waals surface area contributed by atoms with Crippen LogP contribution in [0.2, 0.25) is 0 Å². The molecule has 8 heteroatoms. The van der Waals surface area contributed by atoms with Gasteiger partial charge in [0.15, 0.2) is 18.2 Å². The van der Waals surface area contributed by atoms with Crippen LogP contribution in [0.25, 0.3) is 0 Å². The lowest BCUT2D eigenvalue weighted by molar-refractivity contribution is -0.121. The van der Waals surface area contributed by atoms with Crippen LogP contribution in [0.5, 0.6) is 5.75 Å². The average molecular weight is 622 g/mol. The number of Topliss-reactive ketones (excluding diaryl/α,β-unsaturated/α-hetero) is 2. The van der Waals surface area contributed by atoms with E-state index < -0.39 is 11.8 Å². The van der Waals surface area contributed by atoms with Gasteiger partial charge in [0.2, 0.25) is 0 Å². The first-order valence-electron chi connectivity index (χ1n) is 12.4. The minimum absolute atomic E-state index is 0.0634. The number of primary amides is 1. The lowest BCUT2D eigenvalue weighted by Crippen LogP contribution is -2.44. The lowest BCUT2D eigenvalue weighted by Gasteiger charge is -2.49. The van der Waals surface area contributed by atoms with Gasteiger partial charge in [-0.05, 0) is 58.2 Å². The van der Waals surface area contributed by atoms with Gasteiger partial charge in [0.25, 0.3) is 5.91 Å². The Labute approximate surface area is 229 Å². The molecule has 194 valence electrons. The number of hydrogen-bond acceptors (Lipinski definition) is 5. The number of carbonyl (C=O) groups excluding carboxylic acids is 3. The summed E-state index contributed by atoms with van der Waals surface area (Å²) in [5, 5.41) is 0. The monoisotopic (exact) mass is 620 g/mol. The van der Waals surface area contributed by atoms with Crippen LogP contribution in [-0.2, 0) is 14.4 Å². The zero-order valence-electron chi connectivity index (χ0n) is 21.6.